The van der Waals surface area contributed by atoms with Crippen molar-refractivity contribution in [3.8, 4) is 0 Å². The Bertz CT molecular complexity index is 324. The van der Waals surface area contributed by atoms with Gasteiger partial charge in [-0.3, -0.25) is 4.79 Å². The van der Waals surface area contributed by atoms with Crippen LogP contribution in [0.25, 0.3) is 0 Å². The summed E-state index contributed by atoms with van der Waals surface area (Å²) in [5.74, 6) is -0.192. The van der Waals surface area contributed by atoms with E-state index in [1.165, 1.54) is 12.8 Å². The number of hydrogen-bond donors (Lipinski definition) is 1. The quantitative estimate of drug-likeness (QED) is 0.715. The molecule has 0 spiro atoms. The maximum atomic E-state index is 11.6. The Morgan fingerprint density at radius 1 is 1.31 bits per heavy atom. The Morgan fingerprint density at radius 2 is 2.06 bits per heavy atom. The monoisotopic (exact) mass is 247 g/mol. The Kier molecular flexibility index (Phi) is 5.25. The predicted octanol–water partition coefficient (Wildman–Crippen LogP) is 1.12. The molecule has 5 heteroatoms. The molecule has 0 radical (unpaired) electrons. The van der Waals surface area contributed by atoms with Crippen LogP contribution in [0.15, 0.2) is 0 Å². The molecule has 1 aliphatic rings. The van der Waals surface area contributed by atoms with E-state index in [-0.39, 0.29) is 23.3 Å². The number of sulfone groups is 1. The van der Waals surface area contributed by atoms with Gasteiger partial charge in [0, 0.05) is 6.54 Å². The van der Waals surface area contributed by atoms with E-state index in [0.717, 1.165) is 12.8 Å². The van der Waals surface area contributed by atoms with Gasteiger partial charge in [-0.15, -0.1) is 0 Å². The molecule has 1 heterocycles. The standard InChI is InChI=1S/C11H21NO3S/c1-2-3-4-5-7-12-11(13)10-6-8-16(14,15)9-10/h10H,2-9H2,1H3,(H,12,13). The van der Waals surface area contributed by atoms with Crippen LogP contribution in [0.1, 0.15) is 39.0 Å². The van der Waals surface area contributed by atoms with Crippen LogP contribution >= 0.6 is 0 Å². The summed E-state index contributed by atoms with van der Waals surface area (Å²) in [4.78, 5) is 11.6. The molecular formula is C11H21NO3S. The molecule has 1 rings (SSSR count). The van der Waals surface area contributed by atoms with E-state index in [2.05, 4.69) is 12.2 Å². The molecule has 16 heavy (non-hydrogen) atoms. The lowest BCUT2D eigenvalue weighted by Crippen LogP contribution is -2.32. The van der Waals surface area contributed by atoms with Gasteiger partial charge in [0.2, 0.25) is 5.91 Å². The molecule has 1 unspecified atom stereocenters. The van der Waals surface area contributed by atoms with Gasteiger partial charge < -0.3 is 5.32 Å². The average Bonchev–Trinajstić information content (AvgIpc) is 2.58. The number of nitrogens with one attached hydrogen (secondary N) is 1. The predicted molar refractivity (Wildman–Crippen MR) is 63.9 cm³/mol. The zero-order valence-electron chi connectivity index (χ0n) is 9.87. The van der Waals surface area contributed by atoms with Crippen molar-refractivity contribution in [1.29, 1.82) is 0 Å². The van der Waals surface area contributed by atoms with E-state index in [9.17, 15) is 13.2 Å². The first-order chi connectivity index (χ1) is 7.55. The van der Waals surface area contributed by atoms with Crippen LogP contribution in [0, 0.1) is 5.92 Å². The first-order valence-corrected chi connectivity index (χ1v) is 7.85. The first-order valence-electron chi connectivity index (χ1n) is 6.03. The van der Waals surface area contributed by atoms with E-state index in [1.807, 2.05) is 0 Å². The van der Waals surface area contributed by atoms with Gasteiger partial charge in [0.1, 0.15) is 0 Å². The maximum absolute atomic E-state index is 11.6. The Hall–Kier alpha value is -0.580. The van der Waals surface area contributed by atoms with Gasteiger partial charge in [0.25, 0.3) is 0 Å². The third kappa shape index (κ3) is 4.51. The van der Waals surface area contributed by atoms with E-state index >= 15 is 0 Å². The normalized spacial score (nSPS) is 23.2. The minimum Gasteiger partial charge on any atom is -0.356 e. The summed E-state index contributed by atoms with van der Waals surface area (Å²) in [5.41, 5.74) is 0. The molecule has 0 bridgehead atoms. The summed E-state index contributed by atoms with van der Waals surface area (Å²) >= 11 is 0. The topological polar surface area (TPSA) is 63.2 Å². The molecule has 1 amide bonds. The minimum atomic E-state index is -2.94. The van der Waals surface area contributed by atoms with Gasteiger partial charge >= 0.3 is 0 Å². The fourth-order valence-corrected chi connectivity index (χ4v) is 3.65. The number of unbranched alkanes of at least 4 members (excludes halogenated alkanes) is 3. The number of hydrogen-bond acceptors (Lipinski definition) is 3. The van der Waals surface area contributed by atoms with Gasteiger partial charge in [-0.2, -0.15) is 0 Å². The summed E-state index contributed by atoms with van der Waals surface area (Å²) in [6.45, 7) is 2.82. The molecule has 1 saturated heterocycles. The summed E-state index contributed by atoms with van der Waals surface area (Å²) in [5, 5.41) is 2.82. The van der Waals surface area contributed by atoms with Crippen LogP contribution in [0.4, 0.5) is 0 Å². The van der Waals surface area contributed by atoms with Crippen LogP contribution in [0.3, 0.4) is 0 Å². The molecule has 0 saturated carbocycles. The first kappa shape index (κ1) is 13.5. The second-order valence-corrected chi connectivity index (χ2v) is 6.68. The molecule has 1 fully saturated rings. The molecule has 0 aliphatic carbocycles. The van der Waals surface area contributed by atoms with Crippen molar-refractivity contribution < 1.29 is 13.2 Å². The Labute approximate surface area is 97.7 Å². The maximum Gasteiger partial charge on any atom is 0.224 e. The van der Waals surface area contributed by atoms with E-state index in [1.54, 1.807) is 0 Å². The highest BCUT2D eigenvalue weighted by Gasteiger charge is 2.32. The lowest BCUT2D eigenvalue weighted by Gasteiger charge is -2.08. The van der Waals surface area contributed by atoms with Crippen molar-refractivity contribution in [2.24, 2.45) is 5.92 Å². The fourth-order valence-electron chi connectivity index (χ4n) is 1.91. The van der Waals surface area contributed by atoms with Crippen molar-refractivity contribution >= 4 is 15.7 Å². The minimum absolute atomic E-state index is 0.0355. The number of amides is 1. The molecule has 94 valence electrons. The van der Waals surface area contributed by atoms with Crippen molar-refractivity contribution in [3.63, 3.8) is 0 Å². The van der Waals surface area contributed by atoms with E-state index in [0.29, 0.717) is 13.0 Å². The number of rotatable bonds is 6. The summed E-state index contributed by atoms with van der Waals surface area (Å²) in [6, 6.07) is 0. The van der Waals surface area contributed by atoms with Crippen LogP contribution in [-0.2, 0) is 14.6 Å². The highest BCUT2D eigenvalue weighted by atomic mass is 32.2. The van der Waals surface area contributed by atoms with Crippen LogP contribution in [0.2, 0.25) is 0 Å². The largest absolute Gasteiger partial charge is 0.356 e. The van der Waals surface area contributed by atoms with Gasteiger partial charge in [0.05, 0.1) is 17.4 Å². The fraction of sp³-hybridized carbons (Fsp3) is 0.909. The van der Waals surface area contributed by atoms with Gasteiger partial charge in [0.15, 0.2) is 9.84 Å². The average molecular weight is 247 g/mol. The molecule has 0 aromatic heterocycles. The highest BCUT2D eigenvalue weighted by Crippen LogP contribution is 2.18. The third-order valence-corrected chi connectivity index (χ3v) is 4.70. The molecule has 4 nitrogen and oxygen atoms in total. The van der Waals surface area contributed by atoms with Crippen molar-refractivity contribution in [2.75, 3.05) is 18.1 Å². The molecular weight excluding hydrogens is 226 g/mol. The van der Waals surface area contributed by atoms with Crippen molar-refractivity contribution in [1.82, 2.24) is 5.32 Å². The second-order valence-electron chi connectivity index (χ2n) is 4.45. The zero-order chi connectivity index (χ0) is 12.0. The third-order valence-electron chi connectivity index (χ3n) is 2.93. The molecule has 1 aliphatic heterocycles. The smallest absolute Gasteiger partial charge is 0.224 e. The van der Waals surface area contributed by atoms with Crippen molar-refractivity contribution in [3.05, 3.63) is 0 Å². The molecule has 1 atom stereocenters. The SMILES string of the molecule is CCCCCCNC(=O)C1CCS(=O)(=O)C1. The zero-order valence-corrected chi connectivity index (χ0v) is 10.7. The number of carbonyl (C=O) groups is 1. The summed E-state index contributed by atoms with van der Waals surface area (Å²) in [7, 11) is -2.94. The molecule has 0 aromatic carbocycles. The summed E-state index contributed by atoms with van der Waals surface area (Å²) < 4.78 is 22.4. The van der Waals surface area contributed by atoms with E-state index < -0.39 is 9.84 Å². The van der Waals surface area contributed by atoms with Gasteiger partial charge in [-0.1, -0.05) is 26.2 Å². The molecule has 0 aromatic rings. The second kappa shape index (κ2) is 6.23. The number of carbonyl (C=O) groups excluding carboxylic acids is 1. The Morgan fingerprint density at radius 3 is 2.62 bits per heavy atom. The van der Waals surface area contributed by atoms with E-state index in [4.69, 9.17) is 0 Å². The molecule has 1 N–H and O–H groups in total. The van der Waals surface area contributed by atoms with Crippen LogP contribution in [-0.4, -0.2) is 32.4 Å². The van der Waals surface area contributed by atoms with Gasteiger partial charge in [-0.25, -0.2) is 8.42 Å². The van der Waals surface area contributed by atoms with Gasteiger partial charge in [-0.05, 0) is 12.8 Å². The van der Waals surface area contributed by atoms with Crippen molar-refractivity contribution in [2.45, 2.75) is 39.0 Å². The lowest BCUT2D eigenvalue weighted by atomic mass is 10.1. The van der Waals surface area contributed by atoms with Crippen LogP contribution < -0.4 is 5.32 Å². The van der Waals surface area contributed by atoms with Crippen LogP contribution in [0.5, 0.6) is 0 Å². The lowest BCUT2D eigenvalue weighted by molar-refractivity contribution is -0.124. The summed E-state index contributed by atoms with van der Waals surface area (Å²) in [6.07, 6.45) is 4.96. The highest BCUT2D eigenvalue weighted by molar-refractivity contribution is 7.91. The Balaban J connectivity index is 2.16.